The van der Waals surface area contributed by atoms with E-state index in [-0.39, 0.29) is 47.5 Å². The molecule has 2 aliphatic heterocycles. The highest BCUT2D eigenvalue weighted by atomic mass is 35.5. The summed E-state index contributed by atoms with van der Waals surface area (Å²) in [7, 11) is 0. The highest BCUT2D eigenvalue weighted by molar-refractivity contribution is 5.88. The first-order valence-corrected chi connectivity index (χ1v) is 19.8. The van der Waals surface area contributed by atoms with E-state index in [1.807, 2.05) is 34.1 Å². The number of hydrogen-bond donors (Lipinski definition) is 0. The van der Waals surface area contributed by atoms with Gasteiger partial charge in [-0.25, -0.2) is 0 Å². The molecule has 0 aromatic heterocycles. The van der Waals surface area contributed by atoms with E-state index >= 15 is 0 Å². The van der Waals surface area contributed by atoms with Crippen molar-refractivity contribution in [3.63, 3.8) is 0 Å². The molecular weight excluding hydrogens is 711 g/mol. The molecule has 2 aromatic carbocycles. The molecule has 298 valence electrons. The van der Waals surface area contributed by atoms with E-state index < -0.39 is 0 Å². The molecule has 0 aliphatic carbocycles. The lowest BCUT2D eigenvalue weighted by Gasteiger charge is -2.34. The van der Waals surface area contributed by atoms with Crippen LogP contribution in [0.5, 0.6) is 0 Å². The van der Waals surface area contributed by atoms with E-state index in [9.17, 15) is 9.59 Å². The minimum Gasteiger partial charge on any atom is -0.337 e. The molecule has 2 aliphatic rings. The van der Waals surface area contributed by atoms with Crippen LogP contribution in [0.2, 0.25) is 0 Å². The van der Waals surface area contributed by atoms with Gasteiger partial charge in [-0.1, -0.05) is 152 Å². The minimum atomic E-state index is 0. The second-order valence-corrected chi connectivity index (χ2v) is 16.6. The maximum Gasteiger partial charge on any atom is 0.246 e. The van der Waals surface area contributed by atoms with Gasteiger partial charge in [-0.2, -0.15) is 0 Å². The average Bonchev–Trinajstić information content (AvgIpc) is 3.13. The Morgan fingerprint density at radius 2 is 0.796 bits per heavy atom. The largest absolute Gasteiger partial charge is 0.337 e. The number of piperazine rings is 2. The third-order valence-corrected chi connectivity index (χ3v) is 10.4. The molecule has 0 unspecified atom stereocenters. The lowest BCUT2D eigenvalue weighted by atomic mass is 9.87. The van der Waals surface area contributed by atoms with Crippen molar-refractivity contribution in [2.75, 3.05) is 65.4 Å². The van der Waals surface area contributed by atoms with E-state index in [1.54, 1.807) is 12.2 Å². The molecule has 54 heavy (non-hydrogen) atoms. The van der Waals surface area contributed by atoms with Crippen molar-refractivity contribution >= 4 is 48.8 Å². The molecule has 2 saturated heterocycles. The first-order valence-electron chi connectivity index (χ1n) is 19.8. The highest BCUT2D eigenvalue weighted by Gasteiger charge is 2.20. The zero-order chi connectivity index (χ0) is 37.4. The Bertz CT molecular complexity index is 1390. The number of nitrogens with zero attached hydrogens (tertiary/aromatic N) is 4. The third kappa shape index (κ3) is 16.7. The van der Waals surface area contributed by atoms with E-state index in [4.69, 9.17) is 0 Å². The molecule has 0 radical (unpaired) electrons. The van der Waals surface area contributed by atoms with Crippen LogP contribution in [0.4, 0.5) is 0 Å². The zero-order valence-corrected chi connectivity index (χ0v) is 35.6. The molecule has 6 nitrogen and oxygen atoms in total. The maximum absolute atomic E-state index is 12.7. The standard InChI is InChI=1S/C46H66N4O2.2ClH/c1-45(2,3)41-25-21-39(22-26-41)17-11-13-19-43(51)49-35-31-47(32-36-49)29-15-9-7-8-10-16-30-48-33-37-50(38-34-48)44(52)20-14-12-18-40-23-27-42(28-24-40)46(4,5)6;;/h11-14,17-28H,7-10,15-16,29-38H2,1-6H3;2*1H/b17-11+,18-12+,19-13+,20-14+;;. The Morgan fingerprint density at radius 1 is 0.481 bits per heavy atom. The van der Waals surface area contributed by atoms with Gasteiger partial charge in [0.25, 0.3) is 0 Å². The van der Waals surface area contributed by atoms with Crippen molar-refractivity contribution in [2.45, 2.75) is 90.9 Å². The molecule has 0 spiro atoms. The van der Waals surface area contributed by atoms with Crippen molar-refractivity contribution in [3.05, 3.63) is 107 Å². The van der Waals surface area contributed by atoms with Crippen LogP contribution in [0.1, 0.15) is 102 Å². The summed E-state index contributed by atoms with van der Waals surface area (Å²) in [5, 5.41) is 0. The number of carbonyl (C=O) groups excluding carboxylic acids is 2. The molecule has 2 heterocycles. The van der Waals surface area contributed by atoms with E-state index in [0.717, 1.165) is 76.6 Å². The number of benzene rings is 2. The van der Waals surface area contributed by atoms with Crippen LogP contribution in [-0.4, -0.2) is 96.9 Å². The zero-order valence-electron chi connectivity index (χ0n) is 34.0. The van der Waals surface area contributed by atoms with Crippen LogP contribution in [-0.2, 0) is 20.4 Å². The maximum atomic E-state index is 12.7. The summed E-state index contributed by atoms with van der Waals surface area (Å²) in [6, 6.07) is 17.3. The number of unbranched alkanes of at least 4 members (excludes halogenated alkanes) is 5. The normalized spacial score (nSPS) is 16.4. The number of rotatable bonds is 15. The van der Waals surface area contributed by atoms with Crippen molar-refractivity contribution in [3.8, 4) is 0 Å². The Hall–Kier alpha value is -3.16. The molecule has 0 N–H and O–H groups in total. The fourth-order valence-electron chi connectivity index (χ4n) is 6.77. The number of hydrogen-bond acceptors (Lipinski definition) is 4. The molecule has 2 amide bonds. The molecule has 8 heteroatoms. The predicted molar refractivity (Wildman–Crippen MR) is 235 cm³/mol. The van der Waals surface area contributed by atoms with Crippen LogP contribution in [0.25, 0.3) is 12.2 Å². The second kappa shape index (κ2) is 23.7. The van der Waals surface area contributed by atoms with Gasteiger partial charge in [-0.15, -0.1) is 24.8 Å². The van der Waals surface area contributed by atoms with Crippen LogP contribution >= 0.6 is 24.8 Å². The van der Waals surface area contributed by atoms with Crippen molar-refractivity contribution in [1.82, 2.24) is 19.6 Å². The van der Waals surface area contributed by atoms with Crippen LogP contribution < -0.4 is 0 Å². The summed E-state index contributed by atoms with van der Waals surface area (Å²) >= 11 is 0. The molecule has 4 rings (SSSR count). The van der Waals surface area contributed by atoms with Gasteiger partial charge in [0.05, 0.1) is 0 Å². The minimum absolute atomic E-state index is 0. The molecule has 2 aromatic rings. The lowest BCUT2D eigenvalue weighted by Crippen LogP contribution is -2.48. The topological polar surface area (TPSA) is 47.1 Å². The van der Waals surface area contributed by atoms with Gasteiger partial charge in [0.15, 0.2) is 0 Å². The van der Waals surface area contributed by atoms with Gasteiger partial charge in [0.2, 0.25) is 11.8 Å². The molecule has 0 saturated carbocycles. The lowest BCUT2D eigenvalue weighted by molar-refractivity contribution is -0.128. The number of halogens is 2. The molecule has 0 bridgehead atoms. The molecule has 2 fully saturated rings. The summed E-state index contributed by atoms with van der Waals surface area (Å²) in [5.74, 6) is 0.218. The fraction of sp³-hybridized carbons (Fsp3) is 0.522. The van der Waals surface area contributed by atoms with Crippen molar-refractivity contribution < 1.29 is 9.59 Å². The van der Waals surface area contributed by atoms with E-state index in [0.29, 0.717) is 0 Å². The average molecular weight is 780 g/mol. The SMILES string of the molecule is CC(C)(C)c1ccc(/C=C/C=C/C(=O)N2CCN(CCCCCCCCN3CCN(C(=O)/C=C/C=C/c4ccc(C(C)(C)C)cc4)CC3)CC2)cc1.Cl.Cl. The molecular formula is C46H68Cl2N4O2. The van der Waals surface area contributed by atoms with Crippen molar-refractivity contribution in [1.29, 1.82) is 0 Å². The smallest absolute Gasteiger partial charge is 0.246 e. The van der Waals surface area contributed by atoms with Gasteiger partial charge < -0.3 is 9.80 Å². The Labute approximate surface area is 340 Å². The van der Waals surface area contributed by atoms with E-state index in [2.05, 4.69) is 112 Å². The van der Waals surface area contributed by atoms with Gasteiger partial charge in [-0.3, -0.25) is 19.4 Å². The monoisotopic (exact) mass is 778 g/mol. The first kappa shape index (κ1) is 47.0. The van der Waals surface area contributed by atoms with Gasteiger partial charge in [0.1, 0.15) is 0 Å². The highest BCUT2D eigenvalue weighted by Crippen LogP contribution is 2.23. The third-order valence-electron chi connectivity index (χ3n) is 10.4. The Morgan fingerprint density at radius 3 is 1.11 bits per heavy atom. The summed E-state index contributed by atoms with van der Waals surface area (Å²) in [5.41, 5.74) is 5.25. The van der Waals surface area contributed by atoms with Gasteiger partial charge in [-0.05, 0) is 59.0 Å². The van der Waals surface area contributed by atoms with Gasteiger partial charge >= 0.3 is 0 Å². The number of amides is 2. The van der Waals surface area contributed by atoms with Crippen LogP contribution in [0.15, 0.2) is 85.0 Å². The summed E-state index contributed by atoms with van der Waals surface area (Å²) in [6.45, 7) is 22.7. The Kier molecular flexibility index (Phi) is 20.6. The molecule has 0 atom stereocenters. The summed E-state index contributed by atoms with van der Waals surface area (Å²) < 4.78 is 0. The first-order chi connectivity index (χ1) is 24.9. The number of carbonyl (C=O) groups is 2. The summed E-state index contributed by atoms with van der Waals surface area (Å²) in [6.07, 6.45) is 22.8. The van der Waals surface area contributed by atoms with Crippen LogP contribution in [0, 0.1) is 0 Å². The predicted octanol–water partition coefficient (Wildman–Crippen LogP) is 9.59. The fourth-order valence-corrected chi connectivity index (χ4v) is 6.77. The summed E-state index contributed by atoms with van der Waals surface area (Å²) in [4.78, 5) is 34.3. The quantitative estimate of drug-likeness (QED) is 0.103. The number of allylic oxidation sites excluding steroid dienone is 4. The van der Waals surface area contributed by atoms with Crippen molar-refractivity contribution in [2.24, 2.45) is 0 Å². The Balaban J connectivity index is 0.00000504. The second-order valence-electron chi connectivity index (χ2n) is 16.6. The van der Waals surface area contributed by atoms with Crippen LogP contribution in [0.3, 0.4) is 0 Å². The van der Waals surface area contributed by atoms with Gasteiger partial charge in [0, 0.05) is 64.5 Å². The van der Waals surface area contributed by atoms with E-state index in [1.165, 1.54) is 49.7 Å².